The monoisotopic (exact) mass is 236 g/mol. The van der Waals surface area contributed by atoms with Gasteiger partial charge in [0, 0.05) is 11.4 Å². The molecule has 0 amide bonds. The number of hydrazine groups is 1. The van der Waals surface area contributed by atoms with Crippen LogP contribution in [0.5, 0.6) is 0 Å². The minimum Gasteiger partial charge on any atom is -0.254 e. The van der Waals surface area contributed by atoms with Gasteiger partial charge in [0.25, 0.3) is 0 Å². The van der Waals surface area contributed by atoms with E-state index in [0.717, 1.165) is 12.8 Å². The van der Waals surface area contributed by atoms with Crippen LogP contribution in [-0.4, -0.2) is 11.4 Å². The van der Waals surface area contributed by atoms with Crippen molar-refractivity contribution < 1.29 is 0 Å². The molecule has 0 aromatic heterocycles. The van der Waals surface area contributed by atoms with Gasteiger partial charge in [-0.25, -0.2) is 5.43 Å². The van der Waals surface area contributed by atoms with Gasteiger partial charge in [0.1, 0.15) is 0 Å². The number of rotatable bonds is 1. The second kappa shape index (κ2) is 4.36. The summed E-state index contributed by atoms with van der Waals surface area (Å²) in [6, 6.07) is 11.7. The zero-order valence-corrected chi connectivity index (χ0v) is 9.95. The number of hydrogen-bond donors (Lipinski definition) is 2. The highest BCUT2D eigenvalue weighted by Gasteiger charge is 2.40. The SMILES string of the molecule is ClC1CCC2NNC(c3ccccc3)C2C1. The molecule has 4 atom stereocenters. The van der Waals surface area contributed by atoms with Crippen molar-refractivity contribution in [2.45, 2.75) is 36.7 Å². The van der Waals surface area contributed by atoms with Crippen LogP contribution < -0.4 is 10.9 Å². The Balaban J connectivity index is 1.82. The van der Waals surface area contributed by atoms with E-state index < -0.39 is 0 Å². The molecule has 1 aromatic rings. The van der Waals surface area contributed by atoms with Crippen LogP contribution in [0.25, 0.3) is 0 Å². The Hall–Kier alpha value is -0.570. The molecule has 1 saturated carbocycles. The fourth-order valence-corrected chi connectivity index (χ4v) is 3.33. The fraction of sp³-hybridized carbons (Fsp3) is 0.538. The van der Waals surface area contributed by atoms with E-state index in [9.17, 15) is 0 Å². The van der Waals surface area contributed by atoms with Crippen LogP contribution in [0, 0.1) is 5.92 Å². The third-order valence-corrected chi connectivity index (χ3v) is 4.24. The van der Waals surface area contributed by atoms with Gasteiger partial charge in [-0.2, -0.15) is 0 Å². The molecule has 16 heavy (non-hydrogen) atoms. The van der Waals surface area contributed by atoms with Gasteiger partial charge in [0.05, 0.1) is 6.04 Å². The first-order chi connectivity index (χ1) is 7.84. The van der Waals surface area contributed by atoms with E-state index in [1.807, 2.05) is 0 Å². The van der Waals surface area contributed by atoms with Crippen LogP contribution >= 0.6 is 11.6 Å². The summed E-state index contributed by atoms with van der Waals surface area (Å²) >= 11 is 6.28. The van der Waals surface area contributed by atoms with Gasteiger partial charge in [-0.05, 0) is 30.7 Å². The highest BCUT2D eigenvalue weighted by Crippen LogP contribution is 2.39. The number of alkyl halides is 1. The predicted molar refractivity (Wildman–Crippen MR) is 66.2 cm³/mol. The van der Waals surface area contributed by atoms with Crippen LogP contribution in [0.2, 0.25) is 0 Å². The zero-order chi connectivity index (χ0) is 11.0. The third-order valence-electron chi connectivity index (χ3n) is 3.85. The van der Waals surface area contributed by atoms with E-state index in [1.54, 1.807) is 0 Å². The lowest BCUT2D eigenvalue weighted by molar-refractivity contribution is 0.311. The summed E-state index contributed by atoms with van der Waals surface area (Å²) in [5.41, 5.74) is 8.21. The summed E-state index contributed by atoms with van der Waals surface area (Å²) in [7, 11) is 0. The molecule has 1 aliphatic heterocycles. The van der Waals surface area contributed by atoms with E-state index in [1.165, 1.54) is 12.0 Å². The zero-order valence-electron chi connectivity index (χ0n) is 9.20. The lowest BCUT2D eigenvalue weighted by atomic mass is 9.79. The Morgan fingerprint density at radius 2 is 1.88 bits per heavy atom. The quantitative estimate of drug-likeness (QED) is 0.733. The number of halogens is 1. The lowest BCUT2D eigenvalue weighted by Gasteiger charge is -2.30. The van der Waals surface area contributed by atoms with Crippen molar-refractivity contribution in [3.05, 3.63) is 35.9 Å². The van der Waals surface area contributed by atoms with Crippen LogP contribution in [0.15, 0.2) is 30.3 Å². The van der Waals surface area contributed by atoms with Crippen molar-refractivity contribution >= 4 is 11.6 Å². The average Bonchev–Trinajstić information content (AvgIpc) is 2.73. The van der Waals surface area contributed by atoms with Gasteiger partial charge in [-0.15, -0.1) is 11.6 Å². The van der Waals surface area contributed by atoms with Crippen molar-refractivity contribution in [1.29, 1.82) is 0 Å². The number of fused-ring (bicyclic) bond motifs is 1. The summed E-state index contributed by atoms with van der Waals surface area (Å²) in [6.07, 6.45) is 3.44. The van der Waals surface area contributed by atoms with Gasteiger partial charge < -0.3 is 0 Å². The Morgan fingerprint density at radius 3 is 2.69 bits per heavy atom. The normalized spacial score (nSPS) is 38.3. The molecule has 2 nitrogen and oxygen atoms in total. The molecule has 1 aromatic carbocycles. The van der Waals surface area contributed by atoms with Crippen molar-refractivity contribution in [2.24, 2.45) is 5.92 Å². The molecular formula is C13H17ClN2. The number of nitrogens with one attached hydrogen (secondary N) is 2. The largest absolute Gasteiger partial charge is 0.254 e. The molecule has 0 bridgehead atoms. The minimum absolute atomic E-state index is 0.356. The number of benzene rings is 1. The Morgan fingerprint density at radius 1 is 1.06 bits per heavy atom. The Bertz CT molecular complexity index is 354. The van der Waals surface area contributed by atoms with Gasteiger partial charge >= 0.3 is 0 Å². The summed E-state index contributed by atoms with van der Waals surface area (Å²) in [5, 5.41) is 0.356. The second-order valence-corrected chi connectivity index (χ2v) is 5.47. The average molecular weight is 237 g/mol. The molecular weight excluding hydrogens is 220 g/mol. The van der Waals surface area contributed by atoms with Crippen molar-refractivity contribution in [3.63, 3.8) is 0 Å². The highest BCUT2D eigenvalue weighted by atomic mass is 35.5. The summed E-state index contributed by atoms with van der Waals surface area (Å²) in [4.78, 5) is 0. The van der Waals surface area contributed by atoms with E-state index in [2.05, 4.69) is 41.2 Å². The fourth-order valence-electron chi connectivity index (χ4n) is 2.99. The van der Waals surface area contributed by atoms with Crippen LogP contribution in [-0.2, 0) is 0 Å². The maximum absolute atomic E-state index is 6.28. The van der Waals surface area contributed by atoms with E-state index in [0.29, 0.717) is 23.4 Å². The minimum atomic E-state index is 0.356. The summed E-state index contributed by atoms with van der Waals surface area (Å²) in [5.74, 6) is 0.638. The Kier molecular flexibility index (Phi) is 2.88. The Labute approximate surface area is 101 Å². The molecule has 2 N–H and O–H groups in total. The maximum atomic E-state index is 6.28. The van der Waals surface area contributed by atoms with E-state index in [4.69, 9.17) is 11.6 Å². The molecule has 3 heteroatoms. The number of hydrogen-bond acceptors (Lipinski definition) is 2. The molecule has 2 aliphatic rings. The van der Waals surface area contributed by atoms with Crippen LogP contribution in [0.1, 0.15) is 30.9 Å². The van der Waals surface area contributed by atoms with Crippen LogP contribution in [0.3, 0.4) is 0 Å². The first-order valence-corrected chi connectivity index (χ1v) is 6.48. The smallest absolute Gasteiger partial charge is 0.0506 e. The van der Waals surface area contributed by atoms with Crippen LogP contribution in [0.4, 0.5) is 0 Å². The first kappa shape index (κ1) is 10.6. The van der Waals surface area contributed by atoms with E-state index in [-0.39, 0.29) is 0 Å². The topological polar surface area (TPSA) is 24.1 Å². The molecule has 86 valence electrons. The summed E-state index contributed by atoms with van der Waals surface area (Å²) in [6.45, 7) is 0. The molecule has 3 rings (SSSR count). The van der Waals surface area contributed by atoms with Crippen molar-refractivity contribution in [1.82, 2.24) is 10.9 Å². The van der Waals surface area contributed by atoms with Gasteiger partial charge in [-0.1, -0.05) is 30.3 Å². The lowest BCUT2D eigenvalue weighted by Crippen LogP contribution is -2.35. The molecule has 1 saturated heterocycles. The predicted octanol–water partition coefficient (Wildman–Crippen LogP) is 2.61. The molecule has 0 radical (unpaired) electrons. The third kappa shape index (κ3) is 1.86. The van der Waals surface area contributed by atoms with Gasteiger partial charge in [0.2, 0.25) is 0 Å². The molecule has 1 aliphatic carbocycles. The van der Waals surface area contributed by atoms with Crippen molar-refractivity contribution in [2.75, 3.05) is 0 Å². The maximum Gasteiger partial charge on any atom is 0.0506 e. The van der Waals surface area contributed by atoms with Crippen molar-refractivity contribution in [3.8, 4) is 0 Å². The first-order valence-electron chi connectivity index (χ1n) is 6.04. The molecule has 2 fully saturated rings. The highest BCUT2D eigenvalue weighted by molar-refractivity contribution is 6.20. The molecule has 0 spiro atoms. The molecule has 1 heterocycles. The molecule has 4 unspecified atom stereocenters. The van der Waals surface area contributed by atoms with E-state index >= 15 is 0 Å². The van der Waals surface area contributed by atoms with Gasteiger partial charge in [0.15, 0.2) is 0 Å². The van der Waals surface area contributed by atoms with Gasteiger partial charge in [-0.3, -0.25) is 5.43 Å². The summed E-state index contributed by atoms with van der Waals surface area (Å²) < 4.78 is 0. The standard InChI is InChI=1S/C13H17ClN2/c14-10-6-7-12-11(8-10)13(16-15-12)9-4-2-1-3-5-9/h1-5,10-13,15-16H,6-8H2. The second-order valence-electron chi connectivity index (χ2n) is 4.86.